The van der Waals surface area contributed by atoms with Crippen molar-refractivity contribution in [2.75, 3.05) is 31.1 Å². The maximum absolute atomic E-state index is 11.1. The normalized spacial score (nSPS) is 17.3. The van der Waals surface area contributed by atoms with E-state index in [-0.39, 0.29) is 5.69 Å². The van der Waals surface area contributed by atoms with Crippen molar-refractivity contribution in [3.05, 3.63) is 17.5 Å². The Balaban J connectivity index is 2.17. The lowest BCUT2D eigenvalue weighted by Gasteiger charge is -2.25. The molecule has 1 fully saturated rings. The number of carboxylic acid groups (broad SMARTS) is 1. The van der Waals surface area contributed by atoms with Crippen molar-refractivity contribution >= 4 is 11.9 Å². The molecule has 20 heavy (non-hydrogen) atoms. The van der Waals surface area contributed by atoms with E-state index in [1.165, 1.54) is 6.07 Å². The predicted octanol–water partition coefficient (Wildman–Crippen LogP) is 1.40. The van der Waals surface area contributed by atoms with Gasteiger partial charge in [-0.05, 0) is 33.3 Å². The van der Waals surface area contributed by atoms with Gasteiger partial charge < -0.3 is 10.0 Å². The predicted molar refractivity (Wildman–Crippen MR) is 77.3 cm³/mol. The molecule has 0 aliphatic carbocycles. The Morgan fingerprint density at radius 2 is 2.00 bits per heavy atom. The van der Waals surface area contributed by atoms with E-state index in [1.54, 1.807) is 6.92 Å². The van der Waals surface area contributed by atoms with E-state index in [4.69, 9.17) is 5.11 Å². The first kappa shape index (κ1) is 14.7. The first-order chi connectivity index (χ1) is 9.47. The zero-order valence-electron chi connectivity index (χ0n) is 12.3. The summed E-state index contributed by atoms with van der Waals surface area (Å²) in [6.45, 7) is 9.91. The zero-order valence-corrected chi connectivity index (χ0v) is 12.3. The number of aryl methyl sites for hydroxylation is 1. The van der Waals surface area contributed by atoms with Gasteiger partial charge in [0, 0.05) is 37.9 Å². The summed E-state index contributed by atoms with van der Waals surface area (Å²) >= 11 is 0. The van der Waals surface area contributed by atoms with Crippen molar-refractivity contribution in [3.8, 4) is 0 Å². The third-order valence-electron chi connectivity index (χ3n) is 3.61. The van der Waals surface area contributed by atoms with Crippen LogP contribution in [-0.4, -0.2) is 58.2 Å². The first-order valence-corrected chi connectivity index (χ1v) is 7.05. The van der Waals surface area contributed by atoms with Gasteiger partial charge in [-0.1, -0.05) is 0 Å². The molecule has 1 aliphatic rings. The second-order valence-corrected chi connectivity index (χ2v) is 5.47. The molecule has 0 unspecified atom stereocenters. The van der Waals surface area contributed by atoms with Crippen molar-refractivity contribution in [2.45, 2.75) is 33.2 Å². The highest BCUT2D eigenvalue weighted by Crippen LogP contribution is 2.14. The van der Waals surface area contributed by atoms with Crippen molar-refractivity contribution in [1.82, 2.24) is 14.9 Å². The molecule has 2 heterocycles. The summed E-state index contributed by atoms with van der Waals surface area (Å²) in [6.07, 6.45) is 1.04. The quantitative estimate of drug-likeness (QED) is 0.901. The van der Waals surface area contributed by atoms with Crippen LogP contribution < -0.4 is 4.90 Å². The molecule has 2 rings (SSSR count). The lowest BCUT2D eigenvalue weighted by atomic mass is 10.3. The Morgan fingerprint density at radius 3 is 2.65 bits per heavy atom. The molecule has 6 nitrogen and oxygen atoms in total. The first-order valence-electron chi connectivity index (χ1n) is 7.05. The van der Waals surface area contributed by atoms with Gasteiger partial charge in [0.25, 0.3) is 0 Å². The minimum absolute atomic E-state index is 0.0671. The molecule has 1 aromatic rings. The summed E-state index contributed by atoms with van der Waals surface area (Å²) in [6, 6.07) is 2.03. The molecule has 6 heteroatoms. The van der Waals surface area contributed by atoms with Crippen LogP contribution in [0.4, 0.5) is 5.95 Å². The minimum Gasteiger partial charge on any atom is -0.477 e. The summed E-state index contributed by atoms with van der Waals surface area (Å²) < 4.78 is 0. The standard InChI is InChI=1S/C14H22N4O2/c1-10(2)17-5-4-6-18(8-7-17)14-15-11(3)9-12(16-14)13(19)20/h9-10H,4-8H2,1-3H3,(H,19,20). The van der Waals surface area contributed by atoms with Crippen LogP contribution in [0, 0.1) is 6.92 Å². The van der Waals surface area contributed by atoms with E-state index < -0.39 is 5.97 Å². The van der Waals surface area contributed by atoms with Crippen LogP contribution in [0.3, 0.4) is 0 Å². The van der Waals surface area contributed by atoms with Crippen LogP contribution in [0.1, 0.15) is 36.5 Å². The highest BCUT2D eigenvalue weighted by molar-refractivity contribution is 5.85. The molecule has 0 atom stereocenters. The van der Waals surface area contributed by atoms with Crippen molar-refractivity contribution in [2.24, 2.45) is 0 Å². The Kier molecular flexibility index (Phi) is 4.54. The fourth-order valence-corrected chi connectivity index (χ4v) is 2.46. The van der Waals surface area contributed by atoms with E-state index in [0.717, 1.165) is 32.6 Å². The molecule has 0 aromatic carbocycles. The molecule has 1 aromatic heterocycles. The van der Waals surface area contributed by atoms with Gasteiger partial charge in [-0.25, -0.2) is 14.8 Å². The van der Waals surface area contributed by atoms with Crippen LogP contribution in [0.2, 0.25) is 0 Å². The van der Waals surface area contributed by atoms with E-state index in [9.17, 15) is 4.79 Å². The lowest BCUT2D eigenvalue weighted by Crippen LogP contribution is -2.35. The number of anilines is 1. The number of rotatable bonds is 3. The molecule has 1 saturated heterocycles. The lowest BCUT2D eigenvalue weighted by molar-refractivity contribution is 0.0690. The second-order valence-electron chi connectivity index (χ2n) is 5.47. The van der Waals surface area contributed by atoms with E-state index in [2.05, 4.69) is 33.6 Å². The summed E-state index contributed by atoms with van der Waals surface area (Å²) in [5, 5.41) is 9.09. The summed E-state index contributed by atoms with van der Waals surface area (Å²) in [4.78, 5) is 24.1. The van der Waals surface area contributed by atoms with Gasteiger partial charge in [-0.2, -0.15) is 0 Å². The topological polar surface area (TPSA) is 69.6 Å². The Labute approximate surface area is 119 Å². The van der Waals surface area contributed by atoms with Gasteiger partial charge in [0.15, 0.2) is 5.69 Å². The number of aromatic nitrogens is 2. The molecule has 0 bridgehead atoms. The van der Waals surface area contributed by atoms with Gasteiger partial charge in [0.05, 0.1) is 0 Å². The Bertz CT molecular complexity index is 490. The highest BCUT2D eigenvalue weighted by Gasteiger charge is 2.20. The van der Waals surface area contributed by atoms with E-state index >= 15 is 0 Å². The average molecular weight is 278 g/mol. The van der Waals surface area contributed by atoms with Crippen LogP contribution in [0.25, 0.3) is 0 Å². The van der Waals surface area contributed by atoms with Crippen LogP contribution in [0.15, 0.2) is 6.07 Å². The maximum atomic E-state index is 11.1. The molecular weight excluding hydrogens is 256 g/mol. The smallest absolute Gasteiger partial charge is 0.354 e. The van der Waals surface area contributed by atoms with Crippen molar-refractivity contribution in [3.63, 3.8) is 0 Å². The molecule has 0 radical (unpaired) electrons. The SMILES string of the molecule is Cc1cc(C(=O)O)nc(N2CCCN(C(C)C)CC2)n1. The third-order valence-corrected chi connectivity index (χ3v) is 3.61. The Morgan fingerprint density at radius 1 is 1.25 bits per heavy atom. The van der Waals surface area contributed by atoms with Gasteiger partial charge in [0.1, 0.15) is 0 Å². The van der Waals surface area contributed by atoms with Crippen molar-refractivity contribution in [1.29, 1.82) is 0 Å². The second kappa shape index (κ2) is 6.17. The van der Waals surface area contributed by atoms with Crippen LogP contribution in [-0.2, 0) is 0 Å². The summed E-state index contributed by atoms with van der Waals surface area (Å²) in [5.74, 6) is -0.469. The monoisotopic (exact) mass is 278 g/mol. The molecule has 0 spiro atoms. The molecule has 0 saturated carbocycles. The summed E-state index contributed by atoms with van der Waals surface area (Å²) in [7, 11) is 0. The van der Waals surface area contributed by atoms with Gasteiger partial charge in [0.2, 0.25) is 5.95 Å². The van der Waals surface area contributed by atoms with Gasteiger partial charge in [-0.3, -0.25) is 4.90 Å². The van der Waals surface area contributed by atoms with E-state index in [1.807, 2.05) is 0 Å². The molecule has 1 N–H and O–H groups in total. The highest BCUT2D eigenvalue weighted by atomic mass is 16.4. The average Bonchev–Trinajstić information content (AvgIpc) is 2.63. The fourth-order valence-electron chi connectivity index (χ4n) is 2.46. The fraction of sp³-hybridized carbons (Fsp3) is 0.643. The molecular formula is C14H22N4O2. The number of carbonyl (C=O) groups is 1. The number of aromatic carboxylic acids is 1. The molecule has 1 aliphatic heterocycles. The van der Waals surface area contributed by atoms with E-state index in [0.29, 0.717) is 17.7 Å². The Hall–Kier alpha value is -1.69. The minimum atomic E-state index is -1.00. The van der Waals surface area contributed by atoms with Gasteiger partial charge in [-0.15, -0.1) is 0 Å². The zero-order chi connectivity index (χ0) is 14.7. The number of nitrogens with zero attached hydrogens (tertiary/aromatic N) is 4. The number of carboxylic acids is 1. The van der Waals surface area contributed by atoms with Gasteiger partial charge >= 0.3 is 5.97 Å². The largest absolute Gasteiger partial charge is 0.477 e. The molecule has 0 amide bonds. The number of hydrogen-bond donors (Lipinski definition) is 1. The third kappa shape index (κ3) is 3.45. The van der Waals surface area contributed by atoms with Crippen molar-refractivity contribution < 1.29 is 9.90 Å². The maximum Gasteiger partial charge on any atom is 0.354 e. The van der Waals surface area contributed by atoms with Crippen LogP contribution >= 0.6 is 0 Å². The summed E-state index contributed by atoms with van der Waals surface area (Å²) in [5.41, 5.74) is 0.759. The molecule has 110 valence electrons. The number of hydrogen-bond acceptors (Lipinski definition) is 5. The van der Waals surface area contributed by atoms with Crippen LogP contribution in [0.5, 0.6) is 0 Å².